The van der Waals surface area contributed by atoms with Crippen LogP contribution in [0.15, 0.2) is 18.2 Å². The van der Waals surface area contributed by atoms with Crippen molar-refractivity contribution in [2.45, 2.75) is 18.9 Å². The second kappa shape index (κ2) is 5.17. The molecule has 19 heavy (non-hydrogen) atoms. The van der Waals surface area contributed by atoms with Gasteiger partial charge in [-0.05, 0) is 25.0 Å². The second-order valence-electron chi connectivity index (χ2n) is 4.59. The van der Waals surface area contributed by atoms with Crippen molar-refractivity contribution in [3.05, 3.63) is 23.8 Å². The summed E-state index contributed by atoms with van der Waals surface area (Å²) < 4.78 is 5.29. The molecule has 6 nitrogen and oxygen atoms in total. The number of anilines is 1. The smallest absolute Gasteiger partial charge is 0.339 e. The zero-order chi connectivity index (χ0) is 14.0. The number of benzene rings is 1. The molecular weight excluding hydrogens is 248 g/mol. The molecule has 1 aromatic rings. The number of nitrogen functional groups attached to an aromatic ring is 1. The Morgan fingerprint density at radius 2 is 2.16 bits per heavy atom. The van der Waals surface area contributed by atoms with Gasteiger partial charge in [-0.3, -0.25) is 4.79 Å². The van der Waals surface area contributed by atoms with Crippen LogP contribution < -0.4 is 10.5 Å². The van der Waals surface area contributed by atoms with Crippen molar-refractivity contribution < 1.29 is 19.4 Å². The lowest BCUT2D eigenvalue weighted by Gasteiger charge is -2.17. The lowest BCUT2D eigenvalue weighted by molar-refractivity contribution is -0.132. The number of carboxylic acids is 1. The fraction of sp³-hybridized carbons (Fsp3) is 0.385. The summed E-state index contributed by atoms with van der Waals surface area (Å²) in [6, 6.07) is 4.56. The third kappa shape index (κ3) is 3.15. The van der Waals surface area contributed by atoms with E-state index in [0.717, 1.165) is 12.8 Å². The highest BCUT2D eigenvalue weighted by atomic mass is 16.5. The van der Waals surface area contributed by atoms with Crippen LogP contribution >= 0.6 is 0 Å². The van der Waals surface area contributed by atoms with Crippen LogP contribution in [0, 0.1) is 0 Å². The van der Waals surface area contributed by atoms with Gasteiger partial charge in [-0.2, -0.15) is 0 Å². The minimum atomic E-state index is -1.11. The number of aromatic carboxylic acids is 1. The summed E-state index contributed by atoms with van der Waals surface area (Å²) in [6.45, 7) is -0.184. The van der Waals surface area contributed by atoms with Gasteiger partial charge in [-0.25, -0.2) is 4.79 Å². The zero-order valence-corrected chi connectivity index (χ0v) is 10.6. The molecule has 3 N–H and O–H groups in total. The first kappa shape index (κ1) is 13.2. The third-order valence-electron chi connectivity index (χ3n) is 3.08. The summed E-state index contributed by atoms with van der Waals surface area (Å²) in [5, 5.41) is 9.01. The Labute approximate surface area is 110 Å². The van der Waals surface area contributed by atoms with Crippen molar-refractivity contribution >= 4 is 17.6 Å². The largest absolute Gasteiger partial charge is 0.483 e. The molecule has 102 valence electrons. The Balaban J connectivity index is 2.03. The fourth-order valence-electron chi connectivity index (χ4n) is 1.74. The van der Waals surface area contributed by atoms with Gasteiger partial charge in [-0.1, -0.05) is 0 Å². The quantitative estimate of drug-likeness (QED) is 0.773. The number of hydrogen-bond donors (Lipinski definition) is 2. The summed E-state index contributed by atoms with van der Waals surface area (Å²) >= 11 is 0. The van der Waals surface area contributed by atoms with E-state index < -0.39 is 5.97 Å². The van der Waals surface area contributed by atoms with Crippen LogP contribution in [0.3, 0.4) is 0 Å². The van der Waals surface area contributed by atoms with Crippen LogP contribution in [0.2, 0.25) is 0 Å². The number of carbonyl (C=O) groups excluding carboxylic acids is 1. The van der Waals surface area contributed by atoms with E-state index >= 15 is 0 Å². The first-order valence-corrected chi connectivity index (χ1v) is 6.00. The number of amides is 1. The van der Waals surface area contributed by atoms with Crippen molar-refractivity contribution in [3.8, 4) is 5.75 Å². The van der Waals surface area contributed by atoms with Crippen molar-refractivity contribution in [2.24, 2.45) is 0 Å². The molecule has 0 radical (unpaired) electrons. The van der Waals surface area contributed by atoms with Gasteiger partial charge in [0.2, 0.25) is 0 Å². The van der Waals surface area contributed by atoms with Crippen molar-refractivity contribution in [2.75, 3.05) is 19.4 Å². The van der Waals surface area contributed by atoms with Crippen LogP contribution in [0.4, 0.5) is 5.69 Å². The highest BCUT2D eigenvalue weighted by Crippen LogP contribution is 2.26. The molecule has 1 saturated carbocycles. The molecule has 0 unspecified atom stereocenters. The lowest BCUT2D eigenvalue weighted by Crippen LogP contribution is -2.33. The Morgan fingerprint density at radius 1 is 1.47 bits per heavy atom. The maximum atomic E-state index is 11.8. The normalized spacial score (nSPS) is 13.9. The monoisotopic (exact) mass is 264 g/mol. The SMILES string of the molecule is CN(C(=O)COc1cc(N)ccc1C(=O)O)C1CC1. The van der Waals surface area contributed by atoms with Gasteiger partial charge in [0, 0.05) is 24.8 Å². The number of nitrogens with two attached hydrogens (primary N) is 1. The van der Waals surface area contributed by atoms with E-state index in [1.54, 1.807) is 11.9 Å². The molecule has 1 aromatic carbocycles. The predicted molar refractivity (Wildman–Crippen MR) is 69.1 cm³/mol. The molecule has 0 aromatic heterocycles. The Kier molecular flexibility index (Phi) is 3.59. The molecule has 0 bridgehead atoms. The van der Waals surface area contributed by atoms with Gasteiger partial charge >= 0.3 is 5.97 Å². The minimum Gasteiger partial charge on any atom is -0.483 e. The molecule has 2 rings (SSSR count). The Hall–Kier alpha value is -2.24. The van der Waals surface area contributed by atoms with Crippen LogP contribution in [0.25, 0.3) is 0 Å². The van der Waals surface area contributed by atoms with E-state index in [4.69, 9.17) is 15.6 Å². The molecule has 1 aliphatic rings. The predicted octanol–water partition coefficient (Wildman–Crippen LogP) is 0.967. The third-order valence-corrected chi connectivity index (χ3v) is 3.08. The first-order valence-electron chi connectivity index (χ1n) is 6.00. The summed E-state index contributed by atoms with van der Waals surface area (Å²) in [4.78, 5) is 24.4. The van der Waals surface area contributed by atoms with Crippen molar-refractivity contribution in [1.82, 2.24) is 4.90 Å². The first-order chi connectivity index (χ1) is 8.99. The van der Waals surface area contributed by atoms with E-state index in [9.17, 15) is 9.59 Å². The molecule has 1 amide bonds. The average Bonchev–Trinajstić information content (AvgIpc) is 3.18. The Morgan fingerprint density at radius 3 is 2.74 bits per heavy atom. The summed E-state index contributed by atoms with van der Waals surface area (Å²) in [5.74, 6) is -1.16. The van der Waals surface area contributed by atoms with E-state index in [1.807, 2.05) is 0 Å². The zero-order valence-electron chi connectivity index (χ0n) is 10.6. The Bertz CT molecular complexity index is 511. The van der Waals surface area contributed by atoms with Gasteiger partial charge in [-0.15, -0.1) is 0 Å². The van der Waals surface area contributed by atoms with Gasteiger partial charge in [0.05, 0.1) is 0 Å². The molecular formula is C13H16N2O4. The molecule has 1 aliphatic carbocycles. The van der Waals surface area contributed by atoms with Crippen LogP contribution in [0.1, 0.15) is 23.2 Å². The van der Waals surface area contributed by atoms with E-state index in [0.29, 0.717) is 11.7 Å². The number of likely N-dealkylation sites (N-methyl/N-ethyl adjacent to an activating group) is 1. The van der Waals surface area contributed by atoms with Crippen LogP contribution in [-0.4, -0.2) is 41.6 Å². The van der Waals surface area contributed by atoms with Crippen molar-refractivity contribution in [1.29, 1.82) is 0 Å². The number of ether oxygens (including phenoxy) is 1. The number of hydrogen-bond acceptors (Lipinski definition) is 4. The molecule has 1 fully saturated rings. The molecule has 0 saturated heterocycles. The number of carbonyl (C=O) groups is 2. The molecule has 0 heterocycles. The molecule has 0 atom stereocenters. The highest BCUT2D eigenvalue weighted by molar-refractivity contribution is 5.91. The summed E-state index contributed by atoms with van der Waals surface area (Å²) in [6.07, 6.45) is 2.03. The summed E-state index contributed by atoms with van der Waals surface area (Å²) in [5.41, 5.74) is 5.97. The van der Waals surface area contributed by atoms with Gasteiger partial charge in [0.1, 0.15) is 11.3 Å². The standard InChI is InChI=1S/C13H16N2O4/c1-15(9-3-4-9)12(16)7-19-11-6-8(14)2-5-10(11)13(17)18/h2,5-6,9H,3-4,7,14H2,1H3,(H,17,18). The second-order valence-corrected chi connectivity index (χ2v) is 4.59. The number of carboxylic acid groups (broad SMARTS) is 1. The van der Waals surface area contributed by atoms with Gasteiger partial charge in [0.25, 0.3) is 5.91 Å². The maximum absolute atomic E-state index is 11.8. The molecule has 0 spiro atoms. The van der Waals surface area contributed by atoms with Crippen LogP contribution in [0.5, 0.6) is 5.75 Å². The van der Waals surface area contributed by atoms with Crippen LogP contribution in [-0.2, 0) is 4.79 Å². The summed E-state index contributed by atoms with van der Waals surface area (Å²) in [7, 11) is 1.72. The lowest BCUT2D eigenvalue weighted by atomic mass is 10.2. The minimum absolute atomic E-state index is 0.00363. The van der Waals surface area contributed by atoms with Gasteiger partial charge < -0.3 is 20.5 Å². The van der Waals surface area contributed by atoms with E-state index in [1.165, 1.54) is 18.2 Å². The maximum Gasteiger partial charge on any atom is 0.339 e. The number of nitrogens with zero attached hydrogens (tertiary/aromatic N) is 1. The molecule has 6 heteroatoms. The number of rotatable bonds is 5. The van der Waals surface area contributed by atoms with Gasteiger partial charge in [0.15, 0.2) is 6.61 Å². The topological polar surface area (TPSA) is 92.9 Å². The molecule has 0 aliphatic heterocycles. The fourth-order valence-corrected chi connectivity index (χ4v) is 1.74. The van der Waals surface area contributed by atoms with E-state index in [-0.39, 0.29) is 23.8 Å². The van der Waals surface area contributed by atoms with Crippen molar-refractivity contribution in [3.63, 3.8) is 0 Å². The van der Waals surface area contributed by atoms with E-state index in [2.05, 4.69) is 0 Å². The average molecular weight is 264 g/mol. The highest BCUT2D eigenvalue weighted by Gasteiger charge is 2.29.